The van der Waals surface area contributed by atoms with Crippen molar-refractivity contribution in [2.24, 2.45) is 0 Å². The van der Waals surface area contributed by atoms with Crippen molar-refractivity contribution >= 4 is 79.7 Å². The summed E-state index contributed by atoms with van der Waals surface area (Å²) >= 11 is 7.20. The van der Waals surface area contributed by atoms with Crippen molar-refractivity contribution in [1.82, 2.24) is 0 Å². The number of benzene rings is 1. The van der Waals surface area contributed by atoms with Crippen LogP contribution in [0.5, 0.6) is 0 Å². The number of alkyl halides is 3. The second-order valence-corrected chi connectivity index (χ2v) is 12.8. The second kappa shape index (κ2) is 16.9. The summed E-state index contributed by atoms with van der Waals surface area (Å²) < 4.78 is 7.02. The van der Waals surface area contributed by atoms with Crippen LogP contribution in [0.1, 0.15) is 105 Å². The normalized spacial score (nSPS) is 14.1. The van der Waals surface area contributed by atoms with E-state index in [1.165, 1.54) is 55.4 Å². The lowest BCUT2D eigenvalue weighted by atomic mass is 10.0. The number of carbonyl (C=O) groups is 2. The van der Waals surface area contributed by atoms with Crippen LogP contribution < -0.4 is 0 Å². The molecule has 176 valence electrons. The Labute approximate surface area is 228 Å². The first-order valence-electron chi connectivity index (χ1n) is 11.3. The van der Waals surface area contributed by atoms with E-state index in [1.54, 1.807) is 18.2 Å². The maximum Gasteiger partial charge on any atom is 0.340 e. The van der Waals surface area contributed by atoms with Crippen molar-refractivity contribution in [2.75, 3.05) is 4.43 Å². The van der Waals surface area contributed by atoms with Gasteiger partial charge in [-0.25, -0.2) is 9.59 Å². The summed E-state index contributed by atoms with van der Waals surface area (Å²) in [6, 6.07) is 6.30. The summed E-state index contributed by atoms with van der Waals surface area (Å²) in [6.07, 6.45) is 13.5. The summed E-state index contributed by atoms with van der Waals surface area (Å²) in [5.41, 5.74) is 0.127. The molecule has 0 aromatic heterocycles. The summed E-state index contributed by atoms with van der Waals surface area (Å²) in [5, 5.41) is 9.43. The van der Waals surface area contributed by atoms with E-state index in [2.05, 4.69) is 74.7 Å². The van der Waals surface area contributed by atoms with E-state index in [1.807, 2.05) is 0 Å². The standard InChI is InChI=1S/C24H35I3O4/c1-2-3-4-5-6-11-16-24(27,18-19(26)13-8-7-12-17-25)31-23(30)21-15-10-9-14-20(21)22(28)29/h9-10,14-15,19H,2-8,11-13,16-18H2,1H3,(H,28,29). The van der Waals surface area contributed by atoms with Gasteiger partial charge in [-0.05, 0) is 64.8 Å². The molecule has 31 heavy (non-hydrogen) atoms. The fourth-order valence-corrected chi connectivity index (χ4v) is 7.15. The monoisotopic (exact) mass is 768 g/mol. The van der Waals surface area contributed by atoms with Gasteiger partial charge in [0.2, 0.25) is 0 Å². The molecule has 7 heteroatoms. The minimum Gasteiger partial charge on any atom is -0.478 e. The lowest BCUT2D eigenvalue weighted by Crippen LogP contribution is -2.32. The van der Waals surface area contributed by atoms with Crippen molar-refractivity contribution in [2.45, 2.75) is 91.5 Å². The highest BCUT2D eigenvalue weighted by Gasteiger charge is 2.34. The first-order chi connectivity index (χ1) is 14.8. The Balaban J connectivity index is 2.80. The minimum absolute atomic E-state index is 0.00404. The number of rotatable bonds is 17. The SMILES string of the molecule is CCCCCCCCC(I)(CC(I)CCCCCI)OC(=O)c1ccccc1C(=O)O. The van der Waals surface area contributed by atoms with E-state index in [0.29, 0.717) is 3.92 Å². The van der Waals surface area contributed by atoms with E-state index >= 15 is 0 Å². The smallest absolute Gasteiger partial charge is 0.340 e. The van der Waals surface area contributed by atoms with Crippen LogP contribution in [-0.2, 0) is 4.74 Å². The second-order valence-electron chi connectivity index (χ2n) is 7.98. The van der Waals surface area contributed by atoms with Gasteiger partial charge in [0.15, 0.2) is 3.61 Å². The number of halogens is 3. The molecule has 1 N–H and O–H groups in total. The average molecular weight is 768 g/mol. The molecule has 0 fully saturated rings. The Morgan fingerprint density at radius 1 is 1.00 bits per heavy atom. The zero-order valence-corrected chi connectivity index (χ0v) is 24.9. The predicted molar refractivity (Wildman–Crippen MR) is 153 cm³/mol. The third kappa shape index (κ3) is 12.4. The molecule has 0 aliphatic heterocycles. The number of carboxylic acids is 1. The molecule has 4 nitrogen and oxygen atoms in total. The quantitative estimate of drug-likeness (QED) is 0.0747. The highest BCUT2D eigenvalue weighted by molar-refractivity contribution is 14.1. The Kier molecular flexibility index (Phi) is 16.0. The minimum atomic E-state index is -1.11. The van der Waals surface area contributed by atoms with Crippen molar-refractivity contribution < 1.29 is 19.4 Å². The number of carboxylic acid groups (broad SMARTS) is 1. The molecule has 0 amide bonds. The molecule has 0 saturated heterocycles. The van der Waals surface area contributed by atoms with E-state index < -0.39 is 15.5 Å². The number of esters is 1. The summed E-state index contributed by atoms with van der Waals surface area (Å²) in [7, 11) is 0. The van der Waals surface area contributed by atoms with Gasteiger partial charge in [-0.3, -0.25) is 0 Å². The largest absolute Gasteiger partial charge is 0.478 e. The third-order valence-corrected chi connectivity index (χ3v) is 8.26. The summed E-state index contributed by atoms with van der Waals surface area (Å²) in [4.78, 5) is 24.5. The lowest BCUT2D eigenvalue weighted by molar-refractivity contribution is 0.0196. The van der Waals surface area contributed by atoms with Gasteiger partial charge in [-0.2, -0.15) is 0 Å². The Bertz CT molecular complexity index is 668. The van der Waals surface area contributed by atoms with Crippen molar-refractivity contribution in [3.8, 4) is 0 Å². The van der Waals surface area contributed by atoms with Crippen LogP contribution in [0.4, 0.5) is 0 Å². The Morgan fingerprint density at radius 2 is 1.61 bits per heavy atom. The third-order valence-electron chi connectivity index (χ3n) is 5.23. The van der Waals surface area contributed by atoms with Crippen LogP contribution in [0, 0.1) is 0 Å². The van der Waals surface area contributed by atoms with Gasteiger partial charge in [0.25, 0.3) is 0 Å². The molecule has 1 rings (SSSR count). The maximum atomic E-state index is 12.9. The molecule has 0 saturated carbocycles. The highest BCUT2D eigenvalue weighted by Crippen LogP contribution is 2.37. The molecule has 0 bridgehead atoms. The molecule has 1 aromatic carbocycles. The molecule has 2 unspecified atom stereocenters. The van der Waals surface area contributed by atoms with Crippen molar-refractivity contribution in [3.63, 3.8) is 0 Å². The van der Waals surface area contributed by atoms with Crippen molar-refractivity contribution in [3.05, 3.63) is 35.4 Å². The topological polar surface area (TPSA) is 63.6 Å². The first-order valence-corrected chi connectivity index (χ1v) is 15.1. The molecule has 0 aliphatic carbocycles. The molecule has 0 spiro atoms. The van der Waals surface area contributed by atoms with E-state index in [9.17, 15) is 14.7 Å². The zero-order chi connectivity index (χ0) is 23.1. The molecular formula is C24H35I3O4. The van der Waals surface area contributed by atoms with Gasteiger partial charge in [0.05, 0.1) is 11.1 Å². The summed E-state index contributed by atoms with van der Waals surface area (Å²) in [5.74, 6) is -1.64. The lowest BCUT2D eigenvalue weighted by Gasteiger charge is -2.30. The number of carbonyl (C=O) groups excluding carboxylic acids is 1. The van der Waals surface area contributed by atoms with Crippen molar-refractivity contribution in [1.29, 1.82) is 0 Å². The molecule has 0 aliphatic rings. The number of aromatic carboxylic acids is 1. The van der Waals surface area contributed by atoms with Gasteiger partial charge in [0, 0.05) is 10.3 Å². The van der Waals surface area contributed by atoms with Gasteiger partial charge in [-0.15, -0.1) is 0 Å². The Hall–Kier alpha value is 0.350. The van der Waals surface area contributed by atoms with Crippen LogP contribution >= 0.6 is 67.8 Å². The van der Waals surface area contributed by atoms with Crippen LogP contribution in [0.2, 0.25) is 0 Å². The average Bonchev–Trinajstić information content (AvgIpc) is 2.73. The number of hydrogen-bond donors (Lipinski definition) is 1. The molecule has 1 aromatic rings. The zero-order valence-electron chi connectivity index (χ0n) is 18.4. The Morgan fingerprint density at radius 3 is 2.26 bits per heavy atom. The van der Waals surface area contributed by atoms with Gasteiger partial charge in [-0.1, -0.05) is 109 Å². The highest BCUT2D eigenvalue weighted by atomic mass is 127. The van der Waals surface area contributed by atoms with E-state index in [-0.39, 0.29) is 11.1 Å². The summed E-state index contributed by atoms with van der Waals surface area (Å²) in [6.45, 7) is 2.21. The van der Waals surface area contributed by atoms with Gasteiger partial charge < -0.3 is 9.84 Å². The first kappa shape index (κ1) is 29.4. The number of ether oxygens (including phenoxy) is 1. The van der Waals surface area contributed by atoms with Crippen LogP contribution in [0.25, 0.3) is 0 Å². The van der Waals surface area contributed by atoms with E-state index in [0.717, 1.165) is 32.1 Å². The van der Waals surface area contributed by atoms with Crippen LogP contribution in [0.3, 0.4) is 0 Å². The van der Waals surface area contributed by atoms with Gasteiger partial charge in [0.1, 0.15) is 0 Å². The number of hydrogen-bond acceptors (Lipinski definition) is 3. The molecule has 0 heterocycles. The molecule has 2 atom stereocenters. The number of unbranched alkanes of at least 4 members (excludes halogenated alkanes) is 7. The molecular weight excluding hydrogens is 733 g/mol. The van der Waals surface area contributed by atoms with Gasteiger partial charge >= 0.3 is 11.9 Å². The predicted octanol–water partition coefficient (Wildman–Crippen LogP) is 8.61. The maximum absolute atomic E-state index is 12.9. The molecule has 0 radical (unpaired) electrons. The van der Waals surface area contributed by atoms with Crippen LogP contribution in [0.15, 0.2) is 24.3 Å². The fraction of sp³-hybridized carbons (Fsp3) is 0.667. The fourth-order valence-electron chi connectivity index (χ4n) is 3.50. The van der Waals surface area contributed by atoms with E-state index in [4.69, 9.17) is 4.74 Å². The van der Waals surface area contributed by atoms with Crippen LogP contribution in [-0.4, -0.2) is 29.0 Å².